The van der Waals surface area contributed by atoms with E-state index in [1.165, 1.54) is 0 Å². The van der Waals surface area contributed by atoms with Gasteiger partial charge in [0.2, 0.25) is 0 Å². The van der Waals surface area contributed by atoms with Gasteiger partial charge in [-0.1, -0.05) is 21.1 Å². The molecule has 0 radical (unpaired) electrons. The fourth-order valence-corrected chi connectivity index (χ4v) is 1.99. The third-order valence-corrected chi connectivity index (χ3v) is 3.18. The molecule has 0 aliphatic carbocycles. The predicted octanol–water partition coefficient (Wildman–Crippen LogP) is 1.02. The molecular formula is C11H13BrN2O3. The molecule has 0 spiro atoms. The maximum absolute atomic E-state index is 9.28. The van der Waals surface area contributed by atoms with Gasteiger partial charge in [-0.2, -0.15) is 0 Å². The van der Waals surface area contributed by atoms with Crippen molar-refractivity contribution in [2.45, 2.75) is 12.6 Å². The summed E-state index contributed by atoms with van der Waals surface area (Å²) in [5.41, 5.74) is 6.72. The standard InChI is InChI=1S/C11H13BrN2O3/c12-7-1-2-8-9(14-17-10(8)4-7)3-6(5-15)11(13)16/h1-2,4,6,11,15-16H,3,5,13H2. The van der Waals surface area contributed by atoms with Crippen molar-refractivity contribution in [3.8, 4) is 0 Å². The lowest BCUT2D eigenvalue weighted by molar-refractivity contribution is 0.0714. The number of hydrogen-bond donors (Lipinski definition) is 3. The lowest BCUT2D eigenvalue weighted by Crippen LogP contribution is -2.33. The van der Waals surface area contributed by atoms with Gasteiger partial charge in [-0.25, -0.2) is 0 Å². The third kappa shape index (κ3) is 2.66. The summed E-state index contributed by atoms with van der Waals surface area (Å²) in [5.74, 6) is -0.438. The number of aliphatic hydroxyl groups is 2. The van der Waals surface area contributed by atoms with E-state index in [-0.39, 0.29) is 6.61 Å². The Labute approximate surface area is 106 Å². The van der Waals surface area contributed by atoms with E-state index in [1.807, 2.05) is 18.2 Å². The van der Waals surface area contributed by atoms with Crippen molar-refractivity contribution >= 4 is 26.9 Å². The van der Waals surface area contributed by atoms with Crippen LogP contribution in [0.3, 0.4) is 0 Å². The van der Waals surface area contributed by atoms with Gasteiger partial charge in [-0.3, -0.25) is 0 Å². The molecule has 6 heteroatoms. The van der Waals surface area contributed by atoms with Crippen LogP contribution in [0.4, 0.5) is 0 Å². The minimum atomic E-state index is -1.07. The maximum atomic E-state index is 9.28. The monoisotopic (exact) mass is 300 g/mol. The number of nitrogens with zero attached hydrogens (tertiary/aromatic N) is 1. The molecule has 1 heterocycles. The van der Waals surface area contributed by atoms with Gasteiger partial charge in [0, 0.05) is 22.2 Å². The molecule has 1 aromatic carbocycles. The fraction of sp³-hybridized carbons (Fsp3) is 0.364. The zero-order valence-corrected chi connectivity index (χ0v) is 10.6. The van der Waals surface area contributed by atoms with E-state index in [2.05, 4.69) is 21.1 Å². The predicted molar refractivity (Wildman–Crippen MR) is 66.2 cm³/mol. The molecule has 2 unspecified atom stereocenters. The van der Waals surface area contributed by atoms with Crippen LogP contribution in [0.25, 0.3) is 11.0 Å². The van der Waals surface area contributed by atoms with E-state index in [0.717, 1.165) is 9.86 Å². The normalized spacial score (nSPS) is 15.1. The number of hydrogen-bond acceptors (Lipinski definition) is 5. The lowest BCUT2D eigenvalue weighted by atomic mass is 10.0. The molecule has 4 N–H and O–H groups in total. The molecule has 0 bridgehead atoms. The summed E-state index contributed by atoms with van der Waals surface area (Å²) in [5, 5.41) is 23.2. The van der Waals surface area contributed by atoms with Crippen LogP contribution in [0.15, 0.2) is 27.2 Å². The van der Waals surface area contributed by atoms with Crippen LogP contribution in [0.1, 0.15) is 5.69 Å². The Kier molecular flexibility index (Phi) is 3.78. The molecule has 0 aliphatic rings. The number of rotatable bonds is 4. The molecule has 1 aromatic heterocycles. The zero-order valence-electron chi connectivity index (χ0n) is 9.01. The van der Waals surface area contributed by atoms with Crippen LogP contribution < -0.4 is 5.73 Å². The average molecular weight is 301 g/mol. The number of fused-ring (bicyclic) bond motifs is 1. The average Bonchev–Trinajstić information content (AvgIpc) is 2.67. The molecule has 0 saturated carbocycles. The van der Waals surface area contributed by atoms with Crippen LogP contribution in [0.2, 0.25) is 0 Å². The molecule has 0 aliphatic heterocycles. The molecule has 2 rings (SSSR count). The van der Waals surface area contributed by atoms with Crippen molar-refractivity contribution in [3.05, 3.63) is 28.4 Å². The summed E-state index contributed by atoms with van der Waals surface area (Å²) in [6.07, 6.45) is -0.690. The third-order valence-electron chi connectivity index (χ3n) is 2.68. The lowest BCUT2D eigenvalue weighted by Gasteiger charge is -2.15. The minimum absolute atomic E-state index is 0.192. The van der Waals surface area contributed by atoms with E-state index in [9.17, 15) is 5.11 Å². The van der Waals surface area contributed by atoms with Crippen LogP contribution in [0.5, 0.6) is 0 Å². The molecule has 92 valence electrons. The van der Waals surface area contributed by atoms with Crippen molar-refractivity contribution in [1.29, 1.82) is 0 Å². The Morgan fingerprint density at radius 2 is 2.24 bits per heavy atom. The summed E-state index contributed by atoms with van der Waals surface area (Å²) in [7, 11) is 0. The van der Waals surface area contributed by atoms with Crippen molar-refractivity contribution in [2.24, 2.45) is 11.7 Å². The quantitative estimate of drug-likeness (QED) is 0.733. The number of benzene rings is 1. The van der Waals surface area contributed by atoms with E-state index in [0.29, 0.717) is 17.7 Å². The molecule has 0 saturated heterocycles. The van der Waals surface area contributed by atoms with Crippen LogP contribution >= 0.6 is 15.9 Å². The first-order valence-electron chi connectivity index (χ1n) is 5.20. The highest BCUT2D eigenvalue weighted by atomic mass is 79.9. The topological polar surface area (TPSA) is 92.5 Å². The summed E-state index contributed by atoms with van der Waals surface area (Å²) < 4.78 is 6.08. The van der Waals surface area contributed by atoms with Gasteiger partial charge in [-0.15, -0.1) is 0 Å². The molecule has 0 amide bonds. The highest BCUT2D eigenvalue weighted by Crippen LogP contribution is 2.24. The first-order chi connectivity index (χ1) is 8.11. The van der Waals surface area contributed by atoms with Gasteiger partial charge in [0.1, 0.15) is 6.23 Å². The second kappa shape index (κ2) is 5.14. The highest BCUT2D eigenvalue weighted by molar-refractivity contribution is 9.10. The number of aliphatic hydroxyl groups excluding tert-OH is 2. The second-order valence-corrected chi connectivity index (χ2v) is 4.82. The summed E-state index contributed by atoms with van der Waals surface area (Å²) in [6, 6.07) is 5.58. The van der Waals surface area contributed by atoms with Crippen LogP contribution in [0, 0.1) is 5.92 Å². The molecule has 2 aromatic rings. The fourth-order valence-electron chi connectivity index (χ4n) is 1.65. The smallest absolute Gasteiger partial charge is 0.168 e. The van der Waals surface area contributed by atoms with Crippen molar-refractivity contribution < 1.29 is 14.7 Å². The van der Waals surface area contributed by atoms with Crippen LogP contribution in [-0.4, -0.2) is 28.2 Å². The van der Waals surface area contributed by atoms with Gasteiger partial charge < -0.3 is 20.5 Å². The van der Waals surface area contributed by atoms with Crippen molar-refractivity contribution in [3.63, 3.8) is 0 Å². The SMILES string of the molecule is NC(O)C(CO)Cc1noc2cc(Br)ccc12. The van der Waals surface area contributed by atoms with Gasteiger partial charge >= 0.3 is 0 Å². The van der Waals surface area contributed by atoms with Crippen molar-refractivity contribution in [1.82, 2.24) is 5.16 Å². The van der Waals surface area contributed by atoms with E-state index >= 15 is 0 Å². The van der Waals surface area contributed by atoms with E-state index < -0.39 is 12.1 Å². The first kappa shape index (κ1) is 12.5. The van der Waals surface area contributed by atoms with E-state index in [4.69, 9.17) is 15.4 Å². The molecular weight excluding hydrogens is 288 g/mol. The Morgan fingerprint density at radius 3 is 2.88 bits per heavy atom. The van der Waals surface area contributed by atoms with Gasteiger partial charge in [-0.05, 0) is 18.2 Å². The minimum Gasteiger partial charge on any atom is -0.396 e. The molecule has 0 fully saturated rings. The van der Waals surface area contributed by atoms with Crippen LogP contribution in [-0.2, 0) is 6.42 Å². The van der Waals surface area contributed by atoms with Crippen molar-refractivity contribution in [2.75, 3.05) is 6.61 Å². The van der Waals surface area contributed by atoms with Gasteiger partial charge in [0.15, 0.2) is 5.58 Å². The maximum Gasteiger partial charge on any atom is 0.168 e. The number of aromatic nitrogens is 1. The highest BCUT2D eigenvalue weighted by Gasteiger charge is 2.19. The Hall–Kier alpha value is -0.950. The summed E-state index contributed by atoms with van der Waals surface area (Å²) >= 11 is 3.34. The van der Waals surface area contributed by atoms with Gasteiger partial charge in [0.05, 0.1) is 12.3 Å². The zero-order chi connectivity index (χ0) is 12.4. The Morgan fingerprint density at radius 1 is 1.47 bits per heavy atom. The second-order valence-electron chi connectivity index (χ2n) is 3.91. The Balaban J connectivity index is 2.30. The molecule has 17 heavy (non-hydrogen) atoms. The number of halogens is 1. The molecule has 5 nitrogen and oxygen atoms in total. The Bertz CT molecular complexity index is 512. The summed E-state index contributed by atoms with van der Waals surface area (Å²) in [6.45, 7) is -0.192. The van der Waals surface area contributed by atoms with E-state index in [1.54, 1.807) is 0 Å². The largest absolute Gasteiger partial charge is 0.396 e. The first-order valence-corrected chi connectivity index (χ1v) is 5.99. The molecule has 2 atom stereocenters. The van der Waals surface area contributed by atoms with Gasteiger partial charge in [0.25, 0.3) is 0 Å². The number of nitrogens with two attached hydrogens (primary N) is 1. The summed E-state index contributed by atoms with van der Waals surface area (Å²) in [4.78, 5) is 0.